The summed E-state index contributed by atoms with van der Waals surface area (Å²) in [5.41, 5.74) is -1.42. The van der Waals surface area contributed by atoms with Crippen LogP contribution in [0, 0.1) is 5.41 Å². The van der Waals surface area contributed by atoms with Crippen LogP contribution in [0.4, 0.5) is 4.79 Å². The molecule has 1 N–H and O–H groups in total. The first kappa shape index (κ1) is 14.8. The molecule has 1 aliphatic carbocycles. The summed E-state index contributed by atoms with van der Waals surface area (Å²) in [5, 5.41) is 2.81. The first-order chi connectivity index (χ1) is 8.00. The van der Waals surface area contributed by atoms with Crippen molar-refractivity contribution in [1.29, 1.82) is 0 Å². The van der Waals surface area contributed by atoms with Crippen LogP contribution in [-0.2, 0) is 14.3 Å². The van der Waals surface area contributed by atoms with Gasteiger partial charge in [0, 0.05) is 5.54 Å². The third-order valence-electron chi connectivity index (χ3n) is 3.04. The van der Waals surface area contributed by atoms with E-state index in [1.54, 1.807) is 0 Å². The number of rotatable bonds is 2. The minimum absolute atomic E-state index is 0.231. The summed E-state index contributed by atoms with van der Waals surface area (Å²) in [5.74, 6) is -0.231. The van der Waals surface area contributed by atoms with Gasteiger partial charge < -0.3 is 14.8 Å². The van der Waals surface area contributed by atoms with E-state index >= 15 is 0 Å². The van der Waals surface area contributed by atoms with E-state index in [0.717, 1.165) is 0 Å². The predicted molar refractivity (Wildman–Crippen MR) is 67.1 cm³/mol. The lowest BCUT2D eigenvalue weighted by Gasteiger charge is -2.50. The zero-order chi connectivity index (χ0) is 14.2. The second-order valence-electron chi connectivity index (χ2n) is 6.59. The van der Waals surface area contributed by atoms with Crippen LogP contribution in [0.3, 0.4) is 0 Å². The molecule has 0 spiro atoms. The van der Waals surface area contributed by atoms with Crippen LogP contribution in [0.1, 0.15) is 47.5 Å². The molecule has 0 aromatic carbocycles. The predicted octanol–water partition coefficient (Wildman–Crippen LogP) is 2.24. The molecule has 0 bridgehead atoms. The van der Waals surface area contributed by atoms with Gasteiger partial charge in [-0.05, 0) is 47.5 Å². The van der Waals surface area contributed by atoms with Crippen molar-refractivity contribution in [1.82, 2.24) is 5.32 Å². The molecule has 0 saturated heterocycles. The molecular weight excluding hydrogens is 234 g/mol. The molecule has 5 nitrogen and oxygen atoms in total. The van der Waals surface area contributed by atoms with Gasteiger partial charge in [0.15, 0.2) is 0 Å². The van der Waals surface area contributed by atoms with E-state index in [2.05, 4.69) is 5.32 Å². The molecule has 0 heterocycles. The third kappa shape index (κ3) is 3.37. The van der Waals surface area contributed by atoms with Gasteiger partial charge in [0.05, 0.1) is 12.5 Å². The lowest BCUT2D eigenvalue weighted by Crippen LogP contribution is -2.62. The zero-order valence-electron chi connectivity index (χ0n) is 12.0. The van der Waals surface area contributed by atoms with Crippen molar-refractivity contribution in [3.05, 3.63) is 0 Å². The Bertz CT molecular complexity index is 350. The largest absolute Gasteiger partial charge is 0.469 e. The molecule has 1 amide bonds. The van der Waals surface area contributed by atoms with Gasteiger partial charge in [-0.15, -0.1) is 0 Å². The molecule has 0 radical (unpaired) electrons. The van der Waals surface area contributed by atoms with Crippen molar-refractivity contribution in [3.8, 4) is 0 Å². The van der Waals surface area contributed by atoms with E-state index in [-0.39, 0.29) is 5.97 Å². The Labute approximate surface area is 108 Å². The van der Waals surface area contributed by atoms with Gasteiger partial charge in [-0.2, -0.15) is 0 Å². The molecule has 104 valence electrons. The zero-order valence-corrected chi connectivity index (χ0v) is 12.0. The molecule has 1 saturated carbocycles. The topological polar surface area (TPSA) is 64.6 Å². The van der Waals surface area contributed by atoms with E-state index < -0.39 is 22.6 Å². The maximum absolute atomic E-state index is 11.7. The highest BCUT2D eigenvalue weighted by Gasteiger charge is 2.55. The average Bonchev–Trinajstić information content (AvgIpc) is 2.10. The van der Waals surface area contributed by atoms with Gasteiger partial charge in [0.25, 0.3) is 0 Å². The smallest absolute Gasteiger partial charge is 0.408 e. The van der Waals surface area contributed by atoms with Crippen molar-refractivity contribution >= 4 is 12.1 Å². The Balaban J connectivity index is 2.52. The van der Waals surface area contributed by atoms with Crippen LogP contribution in [0.15, 0.2) is 0 Å². The van der Waals surface area contributed by atoms with Gasteiger partial charge in [-0.1, -0.05) is 0 Å². The molecule has 0 aromatic rings. The number of ether oxygens (including phenoxy) is 2. The second kappa shape index (κ2) is 4.44. The number of carbonyl (C=O) groups excluding carboxylic acids is 2. The Morgan fingerprint density at radius 1 is 1.17 bits per heavy atom. The molecule has 1 fully saturated rings. The number of alkyl carbamates (subject to hydrolysis) is 1. The molecule has 1 rings (SSSR count). The normalized spacial score (nSPS) is 31.2. The average molecular weight is 257 g/mol. The van der Waals surface area contributed by atoms with E-state index in [1.807, 2.05) is 34.6 Å². The van der Waals surface area contributed by atoms with E-state index in [4.69, 9.17) is 9.47 Å². The molecule has 1 aliphatic rings. The van der Waals surface area contributed by atoms with Gasteiger partial charge >= 0.3 is 12.1 Å². The van der Waals surface area contributed by atoms with Gasteiger partial charge in [-0.25, -0.2) is 4.79 Å². The quantitative estimate of drug-likeness (QED) is 0.770. The molecule has 0 atom stereocenters. The van der Waals surface area contributed by atoms with Crippen LogP contribution >= 0.6 is 0 Å². The second-order valence-corrected chi connectivity index (χ2v) is 6.59. The molecule has 5 heteroatoms. The monoisotopic (exact) mass is 257 g/mol. The fourth-order valence-electron chi connectivity index (χ4n) is 2.70. The Kier molecular flexibility index (Phi) is 3.65. The summed E-state index contributed by atoms with van der Waals surface area (Å²) in [4.78, 5) is 23.2. The maximum atomic E-state index is 11.7. The number of esters is 1. The van der Waals surface area contributed by atoms with Crippen LogP contribution in [0.5, 0.6) is 0 Å². The summed E-state index contributed by atoms with van der Waals surface area (Å²) in [6.07, 6.45) is 0.676. The van der Waals surface area contributed by atoms with Crippen LogP contribution in [0.2, 0.25) is 0 Å². The number of amides is 1. The minimum Gasteiger partial charge on any atom is -0.469 e. The fraction of sp³-hybridized carbons (Fsp3) is 0.846. The first-order valence-corrected chi connectivity index (χ1v) is 6.09. The molecule has 0 unspecified atom stereocenters. The molecule has 0 aliphatic heterocycles. The Hall–Kier alpha value is -1.26. The molecule has 18 heavy (non-hydrogen) atoms. The first-order valence-electron chi connectivity index (χ1n) is 6.09. The third-order valence-corrected chi connectivity index (χ3v) is 3.04. The van der Waals surface area contributed by atoms with E-state index in [9.17, 15) is 9.59 Å². The van der Waals surface area contributed by atoms with E-state index in [1.165, 1.54) is 7.11 Å². The van der Waals surface area contributed by atoms with Crippen molar-refractivity contribution in [2.45, 2.75) is 58.6 Å². The number of methoxy groups -OCH3 is 1. The Morgan fingerprint density at radius 3 is 2.06 bits per heavy atom. The fourth-order valence-corrected chi connectivity index (χ4v) is 2.70. The lowest BCUT2D eigenvalue weighted by atomic mass is 9.59. The SMILES string of the molecule is COC(=O)C1(C)CC(C)(NC(=O)OC(C)(C)C)C1. The highest BCUT2D eigenvalue weighted by molar-refractivity contribution is 5.79. The number of hydrogen-bond donors (Lipinski definition) is 1. The van der Waals surface area contributed by atoms with Gasteiger partial charge in [0.2, 0.25) is 0 Å². The number of carbonyl (C=O) groups is 2. The van der Waals surface area contributed by atoms with Crippen molar-refractivity contribution in [3.63, 3.8) is 0 Å². The van der Waals surface area contributed by atoms with E-state index in [0.29, 0.717) is 12.8 Å². The summed E-state index contributed by atoms with van der Waals surface area (Å²) in [6, 6.07) is 0. The van der Waals surface area contributed by atoms with Crippen LogP contribution in [-0.4, -0.2) is 30.3 Å². The van der Waals surface area contributed by atoms with Crippen molar-refractivity contribution in [2.24, 2.45) is 5.41 Å². The van der Waals surface area contributed by atoms with Crippen molar-refractivity contribution in [2.75, 3.05) is 7.11 Å². The number of hydrogen-bond acceptors (Lipinski definition) is 4. The van der Waals surface area contributed by atoms with Gasteiger partial charge in [-0.3, -0.25) is 4.79 Å². The standard InChI is InChI=1S/C13H23NO4/c1-11(2,3)18-10(16)14-13(5)7-12(4,8-13)9(15)17-6/h7-8H2,1-6H3,(H,14,16). The van der Waals surface area contributed by atoms with Gasteiger partial charge in [0.1, 0.15) is 5.60 Å². The summed E-state index contributed by atoms with van der Waals surface area (Å²) in [6.45, 7) is 9.19. The molecular formula is C13H23NO4. The summed E-state index contributed by atoms with van der Waals surface area (Å²) >= 11 is 0. The van der Waals surface area contributed by atoms with Crippen molar-refractivity contribution < 1.29 is 19.1 Å². The number of nitrogens with one attached hydrogen (secondary N) is 1. The summed E-state index contributed by atoms with van der Waals surface area (Å²) < 4.78 is 9.95. The highest BCUT2D eigenvalue weighted by atomic mass is 16.6. The Morgan fingerprint density at radius 2 is 1.67 bits per heavy atom. The van der Waals surface area contributed by atoms with Crippen LogP contribution in [0.25, 0.3) is 0 Å². The maximum Gasteiger partial charge on any atom is 0.408 e. The highest BCUT2D eigenvalue weighted by Crippen LogP contribution is 2.48. The summed E-state index contributed by atoms with van der Waals surface area (Å²) in [7, 11) is 1.38. The molecule has 0 aromatic heterocycles. The lowest BCUT2D eigenvalue weighted by molar-refractivity contribution is -0.162. The van der Waals surface area contributed by atoms with Crippen LogP contribution < -0.4 is 5.32 Å². The minimum atomic E-state index is -0.518.